The van der Waals surface area contributed by atoms with Crippen LogP contribution >= 0.6 is 34.4 Å². The van der Waals surface area contributed by atoms with Crippen molar-refractivity contribution in [1.82, 2.24) is 10.3 Å². The Kier molecular flexibility index (Phi) is 5.34. The van der Waals surface area contributed by atoms with E-state index in [-0.39, 0.29) is 5.91 Å². The van der Waals surface area contributed by atoms with Gasteiger partial charge in [0.25, 0.3) is 5.91 Å². The van der Waals surface area contributed by atoms with Gasteiger partial charge in [0.2, 0.25) is 0 Å². The number of carbonyl (C=O) groups is 1. The van der Waals surface area contributed by atoms with E-state index in [9.17, 15) is 4.79 Å². The normalized spacial score (nSPS) is 10.9. The Morgan fingerprint density at radius 2 is 1.88 bits per heavy atom. The number of hydrogen-bond donors (Lipinski definition) is 1. The molecule has 1 amide bonds. The van der Waals surface area contributed by atoms with E-state index in [2.05, 4.69) is 16.4 Å². The highest BCUT2D eigenvalue weighted by Crippen LogP contribution is 2.32. The molecule has 0 radical (unpaired) electrons. The first kappa shape index (κ1) is 17.3. The van der Waals surface area contributed by atoms with Crippen LogP contribution in [-0.4, -0.2) is 10.9 Å². The second kappa shape index (κ2) is 8.03. The Labute approximate surface area is 164 Å². The van der Waals surface area contributed by atoms with Gasteiger partial charge in [-0.3, -0.25) is 4.79 Å². The number of hydrogen-bond acceptors (Lipinski definition) is 5. The number of para-hydroxylation sites is 1. The quantitative estimate of drug-likeness (QED) is 0.433. The van der Waals surface area contributed by atoms with Crippen LogP contribution in [0.5, 0.6) is 0 Å². The fourth-order valence-electron chi connectivity index (χ4n) is 2.60. The molecular weight excluding hydrogens is 380 g/mol. The van der Waals surface area contributed by atoms with Crippen molar-refractivity contribution in [1.29, 1.82) is 0 Å². The molecule has 0 fully saturated rings. The van der Waals surface area contributed by atoms with Crippen LogP contribution in [-0.2, 0) is 12.3 Å². The van der Waals surface area contributed by atoms with Gasteiger partial charge >= 0.3 is 0 Å². The lowest BCUT2D eigenvalue weighted by atomic mass is 10.1. The SMILES string of the molecule is O=C(NCc1cccs1)c1ccccc1CSc1nc2ccccc2s1. The van der Waals surface area contributed by atoms with Crippen LogP contribution in [0.3, 0.4) is 0 Å². The molecule has 6 heteroatoms. The van der Waals surface area contributed by atoms with Crippen molar-refractivity contribution in [2.24, 2.45) is 0 Å². The van der Waals surface area contributed by atoms with Crippen LogP contribution in [0.15, 0.2) is 70.4 Å². The molecule has 0 aliphatic rings. The van der Waals surface area contributed by atoms with E-state index < -0.39 is 0 Å². The third kappa shape index (κ3) is 3.98. The topological polar surface area (TPSA) is 42.0 Å². The standard InChI is InChI=1S/C20H16N2OS3/c23-19(21-12-15-7-5-11-24-15)16-8-2-1-6-14(16)13-25-20-22-17-9-3-4-10-18(17)26-20/h1-11H,12-13H2,(H,21,23). The van der Waals surface area contributed by atoms with E-state index in [0.717, 1.165) is 31.6 Å². The number of aromatic nitrogens is 1. The van der Waals surface area contributed by atoms with Gasteiger partial charge < -0.3 is 5.32 Å². The summed E-state index contributed by atoms with van der Waals surface area (Å²) in [5, 5.41) is 5.03. The smallest absolute Gasteiger partial charge is 0.251 e. The second-order valence-electron chi connectivity index (χ2n) is 5.66. The predicted octanol–water partition coefficient (Wildman–Crippen LogP) is 5.58. The molecule has 0 spiro atoms. The van der Waals surface area contributed by atoms with Gasteiger partial charge in [-0.1, -0.05) is 48.2 Å². The summed E-state index contributed by atoms with van der Waals surface area (Å²) in [4.78, 5) is 18.4. The third-order valence-electron chi connectivity index (χ3n) is 3.89. The van der Waals surface area contributed by atoms with E-state index in [0.29, 0.717) is 6.54 Å². The number of nitrogens with zero attached hydrogens (tertiary/aromatic N) is 1. The average Bonchev–Trinajstić information content (AvgIpc) is 3.33. The van der Waals surface area contributed by atoms with Crippen molar-refractivity contribution in [2.75, 3.05) is 0 Å². The average molecular weight is 397 g/mol. The van der Waals surface area contributed by atoms with Crippen LogP contribution < -0.4 is 5.32 Å². The third-order valence-corrected chi connectivity index (χ3v) is 7.00. The summed E-state index contributed by atoms with van der Waals surface area (Å²) >= 11 is 5.02. The number of rotatable bonds is 6. The summed E-state index contributed by atoms with van der Waals surface area (Å²) in [5.74, 6) is 0.696. The minimum Gasteiger partial charge on any atom is -0.347 e. The van der Waals surface area contributed by atoms with Crippen molar-refractivity contribution in [2.45, 2.75) is 16.6 Å². The summed E-state index contributed by atoms with van der Waals surface area (Å²) in [6, 6.07) is 20.0. The minimum absolute atomic E-state index is 0.0288. The molecule has 2 aromatic heterocycles. The summed E-state index contributed by atoms with van der Waals surface area (Å²) in [6.07, 6.45) is 0. The fourth-order valence-corrected chi connectivity index (χ4v) is 5.31. The first-order chi connectivity index (χ1) is 12.8. The monoisotopic (exact) mass is 396 g/mol. The molecule has 4 aromatic rings. The lowest BCUT2D eigenvalue weighted by Crippen LogP contribution is -2.23. The van der Waals surface area contributed by atoms with E-state index in [1.807, 2.05) is 60.0 Å². The maximum absolute atomic E-state index is 12.6. The predicted molar refractivity (Wildman–Crippen MR) is 111 cm³/mol. The summed E-state index contributed by atoms with van der Waals surface area (Å²) in [5.41, 5.74) is 2.79. The number of nitrogens with one attached hydrogen (secondary N) is 1. The number of fused-ring (bicyclic) bond motifs is 1. The molecule has 0 saturated heterocycles. The van der Waals surface area contributed by atoms with Crippen molar-refractivity contribution >= 4 is 50.6 Å². The summed E-state index contributed by atoms with van der Waals surface area (Å²) < 4.78 is 2.22. The number of amides is 1. The van der Waals surface area contributed by atoms with Gasteiger partial charge in [0.15, 0.2) is 4.34 Å². The van der Waals surface area contributed by atoms with E-state index in [1.165, 1.54) is 4.70 Å². The Morgan fingerprint density at radius 1 is 1.04 bits per heavy atom. The molecule has 2 aromatic carbocycles. The zero-order valence-electron chi connectivity index (χ0n) is 13.8. The molecule has 2 heterocycles. The Morgan fingerprint density at radius 3 is 2.73 bits per heavy atom. The van der Waals surface area contributed by atoms with Crippen LogP contribution in [0.2, 0.25) is 0 Å². The van der Waals surface area contributed by atoms with Crippen molar-refractivity contribution in [3.8, 4) is 0 Å². The molecule has 0 bridgehead atoms. The number of benzene rings is 2. The summed E-state index contributed by atoms with van der Waals surface area (Å²) in [7, 11) is 0. The zero-order valence-corrected chi connectivity index (χ0v) is 16.3. The molecule has 3 nitrogen and oxygen atoms in total. The Hall–Kier alpha value is -2.15. The molecule has 4 rings (SSSR count). The second-order valence-corrected chi connectivity index (χ2v) is 8.94. The number of thiophene rings is 1. The zero-order chi connectivity index (χ0) is 17.8. The maximum Gasteiger partial charge on any atom is 0.251 e. The highest BCUT2D eigenvalue weighted by molar-refractivity contribution is 8.00. The molecule has 26 heavy (non-hydrogen) atoms. The molecule has 0 aliphatic carbocycles. The van der Waals surface area contributed by atoms with Crippen molar-refractivity contribution in [3.63, 3.8) is 0 Å². The molecule has 0 saturated carbocycles. The summed E-state index contributed by atoms with van der Waals surface area (Å²) in [6.45, 7) is 0.565. The first-order valence-electron chi connectivity index (χ1n) is 8.16. The van der Waals surface area contributed by atoms with E-state index >= 15 is 0 Å². The first-order valence-corrected chi connectivity index (χ1v) is 10.8. The van der Waals surface area contributed by atoms with Gasteiger partial charge in [-0.25, -0.2) is 4.98 Å². The highest BCUT2D eigenvalue weighted by atomic mass is 32.2. The van der Waals surface area contributed by atoms with Crippen LogP contribution in [0, 0.1) is 0 Å². The Bertz CT molecular complexity index is 991. The molecular formula is C20H16N2OS3. The maximum atomic E-state index is 12.6. The molecule has 0 atom stereocenters. The number of thiazole rings is 1. The fraction of sp³-hybridized carbons (Fsp3) is 0.100. The van der Waals surface area contributed by atoms with Crippen LogP contribution in [0.1, 0.15) is 20.8 Å². The Balaban J connectivity index is 1.45. The van der Waals surface area contributed by atoms with Gasteiger partial charge in [-0.15, -0.1) is 22.7 Å². The molecule has 0 aliphatic heterocycles. The van der Waals surface area contributed by atoms with Crippen molar-refractivity contribution < 1.29 is 4.79 Å². The molecule has 130 valence electrons. The van der Waals surface area contributed by atoms with Crippen LogP contribution in [0.25, 0.3) is 10.2 Å². The molecule has 0 unspecified atom stereocenters. The van der Waals surface area contributed by atoms with Crippen molar-refractivity contribution in [3.05, 3.63) is 82.0 Å². The lowest BCUT2D eigenvalue weighted by molar-refractivity contribution is 0.0950. The molecule has 1 N–H and O–H groups in total. The van der Waals surface area contributed by atoms with Gasteiger partial charge in [-0.05, 0) is 35.2 Å². The number of thioether (sulfide) groups is 1. The number of carbonyl (C=O) groups excluding carboxylic acids is 1. The highest BCUT2D eigenvalue weighted by Gasteiger charge is 2.12. The van der Waals surface area contributed by atoms with Gasteiger partial charge in [0, 0.05) is 16.2 Å². The van der Waals surface area contributed by atoms with E-state index in [1.54, 1.807) is 34.4 Å². The van der Waals surface area contributed by atoms with Gasteiger partial charge in [0.1, 0.15) is 0 Å². The minimum atomic E-state index is -0.0288. The van der Waals surface area contributed by atoms with E-state index in [4.69, 9.17) is 0 Å². The van der Waals surface area contributed by atoms with Gasteiger partial charge in [0.05, 0.1) is 16.8 Å². The van der Waals surface area contributed by atoms with Gasteiger partial charge in [-0.2, -0.15) is 0 Å². The lowest BCUT2D eigenvalue weighted by Gasteiger charge is -2.09. The largest absolute Gasteiger partial charge is 0.347 e. The van der Waals surface area contributed by atoms with Crippen LogP contribution in [0.4, 0.5) is 0 Å².